The van der Waals surface area contributed by atoms with Crippen LogP contribution in [0.5, 0.6) is 0 Å². The molecule has 0 amide bonds. The van der Waals surface area contributed by atoms with Crippen molar-refractivity contribution in [1.82, 2.24) is 10.2 Å². The van der Waals surface area contributed by atoms with Gasteiger partial charge in [0.1, 0.15) is 5.82 Å². The van der Waals surface area contributed by atoms with Crippen molar-refractivity contribution in [3.8, 4) is 0 Å². The van der Waals surface area contributed by atoms with Crippen molar-refractivity contribution in [2.24, 2.45) is 0 Å². The molecule has 0 bridgehead atoms. The highest BCUT2D eigenvalue weighted by atomic mass is 19.1. The zero-order chi connectivity index (χ0) is 13.3. The molecule has 1 saturated heterocycles. The van der Waals surface area contributed by atoms with E-state index in [4.69, 9.17) is 0 Å². The number of aryl methyl sites for hydroxylation is 1. The van der Waals surface area contributed by atoms with Crippen LogP contribution in [0.25, 0.3) is 0 Å². The lowest BCUT2D eigenvalue weighted by Crippen LogP contribution is -2.54. The molecule has 1 aromatic carbocycles. The van der Waals surface area contributed by atoms with E-state index in [2.05, 4.69) is 31.0 Å². The van der Waals surface area contributed by atoms with Crippen LogP contribution in [0.3, 0.4) is 0 Å². The van der Waals surface area contributed by atoms with E-state index in [1.165, 1.54) is 0 Å². The highest BCUT2D eigenvalue weighted by Crippen LogP contribution is 2.24. The van der Waals surface area contributed by atoms with Gasteiger partial charge in [-0.1, -0.05) is 12.1 Å². The molecule has 0 aromatic heterocycles. The predicted octanol–water partition coefficient (Wildman–Crippen LogP) is 2.88. The Balaban J connectivity index is 2.14. The van der Waals surface area contributed by atoms with Crippen LogP contribution < -0.4 is 5.32 Å². The summed E-state index contributed by atoms with van der Waals surface area (Å²) < 4.78 is 13.6. The summed E-state index contributed by atoms with van der Waals surface area (Å²) in [5, 5.41) is 3.52. The summed E-state index contributed by atoms with van der Waals surface area (Å²) in [6.07, 6.45) is 0. The summed E-state index contributed by atoms with van der Waals surface area (Å²) in [5.74, 6) is -0.101. The quantitative estimate of drug-likeness (QED) is 0.868. The van der Waals surface area contributed by atoms with E-state index in [9.17, 15) is 4.39 Å². The predicted molar refractivity (Wildman–Crippen MR) is 73.2 cm³/mol. The van der Waals surface area contributed by atoms with Crippen molar-refractivity contribution in [3.05, 3.63) is 35.1 Å². The molecule has 1 aliphatic heterocycles. The highest BCUT2D eigenvalue weighted by Gasteiger charge is 2.25. The molecule has 0 aliphatic carbocycles. The molecule has 100 valence electrons. The first-order valence-corrected chi connectivity index (χ1v) is 6.73. The topological polar surface area (TPSA) is 15.3 Å². The number of rotatable bonds is 2. The van der Waals surface area contributed by atoms with Crippen molar-refractivity contribution in [1.29, 1.82) is 0 Å². The van der Waals surface area contributed by atoms with Crippen LogP contribution in [0.4, 0.5) is 4.39 Å². The Bertz CT molecular complexity index is 409. The Kier molecular flexibility index (Phi) is 4.03. The number of halogens is 1. The minimum atomic E-state index is -0.101. The van der Waals surface area contributed by atoms with Gasteiger partial charge in [-0.25, -0.2) is 4.39 Å². The van der Waals surface area contributed by atoms with Crippen molar-refractivity contribution in [2.75, 3.05) is 13.1 Å². The van der Waals surface area contributed by atoms with Crippen LogP contribution in [-0.2, 0) is 0 Å². The Morgan fingerprint density at radius 1 is 1.28 bits per heavy atom. The summed E-state index contributed by atoms with van der Waals surface area (Å²) in [7, 11) is 0. The lowest BCUT2D eigenvalue weighted by atomic mass is 10.0. The molecule has 1 aliphatic rings. The molecule has 1 heterocycles. The monoisotopic (exact) mass is 250 g/mol. The van der Waals surface area contributed by atoms with Gasteiger partial charge in [0.15, 0.2) is 0 Å². The van der Waals surface area contributed by atoms with Gasteiger partial charge in [0.05, 0.1) is 0 Å². The zero-order valence-electron chi connectivity index (χ0n) is 11.7. The minimum absolute atomic E-state index is 0.101. The number of hydrogen-bond donors (Lipinski definition) is 1. The maximum atomic E-state index is 13.6. The summed E-state index contributed by atoms with van der Waals surface area (Å²) in [5.41, 5.74) is 1.78. The average Bonchev–Trinajstić information content (AvgIpc) is 2.30. The molecule has 0 saturated carbocycles. The van der Waals surface area contributed by atoms with Crippen LogP contribution in [0, 0.1) is 12.7 Å². The summed E-state index contributed by atoms with van der Waals surface area (Å²) in [4.78, 5) is 2.43. The lowest BCUT2D eigenvalue weighted by molar-refractivity contribution is 0.131. The van der Waals surface area contributed by atoms with Crippen molar-refractivity contribution in [2.45, 2.75) is 45.8 Å². The molecule has 1 fully saturated rings. The molecule has 3 heteroatoms. The van der Waals surface area contributed by atoms with E-state index in [1.54, 1.807) is 13.0 Å². The third-order valence-electron chi connectivity index (χ3n) is 3.81. The third kappa shape index (κ3) is 2.90. The molecule has 3 unspecified atom stereocenters. The van der Waals surface area contributed by atoms with Crippen LogP contribution >= 0.6 is 0 Å². The summed E-state index contributed by atoms with van der Waals surface area (Å²) in [6.45, 7) is 10.4. The Morgan fingerprint density at radius 3 is 2.44 bits per heavy atom. The van der Waals surface area contributed by atoms with Gasteiger partial charge in [-0.2, -0.15) is 0 Å². The largest absolute Gasteiger partial charge is 0.309 e. The first kappa shape index (κ1) is 13.5. The van der Waals surface area contributed by atoms with Gasteiger partial charge in [0.25, 0.3) is 0 Å². The summed E-state index contributed by atoms with van der Waals surface area (Å²) >= 11 is 0. The van der Waals surface area contributed by atoms with E-state index in [0.29, 0.717) is 17.6 Å². The van der Waals surface area contributed by atoms with Crippen LogP contribution in [0.2, 0.25) is 0 Å². The van der Waals surface area contributed by atoms with Crippen LogP contribution in [-0.4, -0.2) is 30.1 Å². The van der Waals surface area contributed by atoms with Crippen molar-refractivity contribution >= 4 is 0 Å². The maximum absolute atomic E-state index is 13.6. The highest BCUT2D eigenvalue weighted by molar-refractivity contribution is 5.25. The molecular weight excluding hydrogens is 227 g/mol. The molecular formula is C15H23FN2. The molecule has 1 aromatic rings. The molecule has 3 atom stereocenters. The van der Waals surface area contributed by atoms with Crippen LogP contribution in [0.15, 0.2) is 18.2 Å². The minimum Gasteiger partial charge on any atom is -0.309 e. The van der Waals surface area contributed by atoms with Crippen molar-refractivity contribution < 1.29 is 4.39 Å². The molecule has 1 N–H and O–H groups in total. The van der Waals surface area contributed by atoms with E-state index in [-0.39, 0.29) is 11.9 Å². The first-order chi connectivity index (χ1) is 8.47. The Labute approximate surface area is 109 Å². The smallest absolute Gasteiger partial charge is 0.126 e. The summed E-state index contributed by atoms with van der Waals surface area (Å²) in [6, 6.07) is 6.85. The van der Waals surface area contributed by atoms with Gasteiger partial charge < -0.3 is 5.32 Å². The molecule has 0 radical (unpaired) electrons. The number of benzene rings is 1. The second kappa shape index (κ2) is 5.37. The van der Waals surface area contributed by atoms with Gasteiger partial charge in [-0.15, -0.1) is 0 Å². The standard InChI is InChI=1S/C15H23FN2/c1-10-5-6-14(7-15(10)16)13(4)18-8-11(2)17-12(3)9-18/h5-7,11-13,17H,8-9H2,1-4H3. The van der Waals surface area contributed by atoms with Gasteiger partial charge in [0.2, 0.25) is 0 Å². The second-order valence-electron chi connectivity index (χ2n) is 5.61. The van der Waals surface area contributed by atoms with E-state index in [0.717, 1.165) is 18.7 Å². The second-order valence-corrected chi connectivity index (χ2v) is 5.61. The number of nitrogens with zero attached hydrogens (tertiary/aromatic N) is 1. The van der Waals surface area contributed by atoms with E-state index in [1.807, 2.05) is 12.1 Å². The lowest BCUT2D eigenvalue weighted by Gasteiger charge is -2.39. The van der Waals surface area contributed by atoms with E-state index < -0.39 is 0 Å². The first-order valence-electron chi connectivity index (χ1n) is 6.73. The SMILES string of the molecule is Cc1ccc(C(C)N2CC(C)NC(C)C2)cc1F. The third-order valence-corrected chi connectivity index (χ3v) is 3.81. The number of hydrogen-bond acceptors (Lipinski definition) is 2. The zero-order valence-corrected chi connectivity index (χ0v) is 11.7. The van der Waals surface area contributed by atoms with Gasteiger partial charge in [0, 0.05) is 31.2 Å². The fourth-order valence-corrected chi connectivity index (χ4v) is 2.77. The number of nitrogens with one attached hydrogen (secondary N) is 1. The Hall–Kier alpha value is -0.930. The van der Waals surface area contributed by atoms with Gasteiger partial charge >= 0.3 is 0 Å². The fraction of sp³-hybridized carbons (Fsp3) is 0.600. The Morgan fingerprint density at radius 2 is 1.89 bits per heavy atom. The van der Waals surface area contributed by atoms with Crippen LogP contribution in [0.1, 0.15) is 37.9 Å². The maximum Gasteiger partial charge on any atom is 0.126 e. The van der Waals surface area contributed by atoms with E-state index >= 15 is 0 Å². The molecule has 18 heavy (non-hydrogen) atoms. The molecule has 2 nitrogen and oxygen atoms in total. The normalized spacial score (nSPS) is 27.2. The molecule has 0 spiro atoms. The fourth-order valence-electron chi connectivity index (χ4n) is 2.77. The average molecular weight is 250 g/mol. The van der Waals surface area contributed by atoms with Gasteiger partial charge in [-0.05, 0) is 44.9 Å². The number of piperazine rings is 1. The van der Waals surface area contributed by atoms with Gasteiger partial charge in [-0.3, -0.25) is 4.90 Å². The molecule has 2 rings (SSSR count). The van der Waals surface area contributed by atoms with Crippen molar-refractivity contribution in [3.63, 3.8) is 0 Å².